The highest BCUT2D eigenvalue weighted by Crippen LogP contribution is 2.46. The molecule has 0 atom stereocenters. The Morgan fingerprint density at radius 1 is 1.67 bits per heavy atom. The SMILES string of the molecule is CN(Cc1cc[nH]c1)C(=O)C1(CO)CC1. The Morgan fingerprint density at radius 3 is 2.87 bits per heavy atom. The zero-order valence-corrected chi connectivity index (χ0v) is 8.86. The highest BCUT2D eigenvalue weighted by molar-refractivity contribution is 5.85. The van der Waals surface area contributed by atoms with E-state index in [1.807, 2.05) is 18.5 Å². The van der Waals surface area contributed by atoms with Gasteiger partial charge >= 0.3 is 0 Å². The number of aromatic amines is 1. The smallest absolute Gasteiger partial charge is 0.231 e. The van der Waals surface area contributed by atoms with Crippen LogP contribution in [0, 0.1) is 5.41 Å². The van der Waals surface area contributed by atoms with Crippen LogP contribution in [0.4, 0.5) is 0 Å². The second-order valence-corrected chi connectivity index (χ2v) is 4.32. The summed E-state index contributed by atoms with van der Waals surface area (Å²) in [6.45, 7) is 0.577. The number of aromatic nitrogens is 1. The number of aliphatic hydroxyl groups excluding tert-OH is 1. The standard InChI is InChI=1S/C11H16N2O2/c1-13(7-9-2-5-12-6-9)10(15)11(8-14)3-4-11/h2,5-6,12,14H,3-4,7-8H2,1H3. The van der Waals surface area contributed by atoms with Gasteiger partial charge in [0, 0.05) is 26.0 Å². The predicted octanol–water partition coefficient (Wildman–Crippen LogP) is 0.746. The van der Waals surface area contributed by atoms with Gasteiger partial charge in [0.05, 0.1) is 12.0 Å². The second-order valence-electron chi connectivity index (χ2n) is 4.32. The first-order valence-electron chi connectivity index (χ1n) is 5.16. The molecule has 1 aliphatic rings. The summed E-state index contributed by atoms with van der Waals surface area (Å²) >= 11 is 0. The van der Waals surface area contributed by atoms with Gasteiger partial charge in [-0.3, -0.25) is 4.79 Å². The largest absolute Gasteiger partial charge is 0.395 e. The van der Waals surface area contributed by atoms with Gasteiger partial charge in [-0.05, 0) is 24.5 Å². The Kier molecular flexibility index (Phi) is 2.52. The van der Waals surface area contributed by atoms with E-state index in [0.717, 1.165) is 18.4 Å². The van der Waals surface area contributed by atoms with Crippen LogP contribution in [-0.4, -0.2) is 34.6 Å². The highest BCUT2D eigenvalue weighted by Gasteiger charge is 2.50. The molecule has 4 nitrogen and oxygen atoms in total. The van der Waals surface area contributed by atoms with E-state index < -0.39 is 5.41 Å². The molecule has 1 saturated carbocycles. The van der Waals surface area contributed by atoms with Gasteiger partial charge < -0.3 is 15.0 Å². The number of hydrogen-bond acceptors (Lipinski definition) is 2. The molecule has 0 aromatic carbocycles. The number of hydrogen-bond donors (Lipinski definition) is 2. The van der Waals surface area contributed by atoms with Crippen molar-refractivity contribution in [3.05, 3.63) is 24.0 Å². The average molecular weight is 208 g/mol. The summed E-state index contributed by atoms with van der Waals surface area (Å²) in [6.07, 6.45) is 5.36. The maximum atomic E-state index is 11.9. The molecule has 15 heavy (non-hydrogen) atoms. The Labute approximate surface area is 88.9 Å². The maximum absolute atomic E-state index is 11.9. The molecule has 82 valence electrons. The van der Waals surface area contributed by atoms with E-state index in [0.29, 0.717) is 6.54 Å². The quantitative estimate of drug-likeness (QED) is 0.767. The van der Waals surface area contributed by atoms with E-state index in [1.54, 1.807) is 11.9 Å². The summed E-state index contributed by atoms with van der Waals surface area (Å²) in [5.41, 5.74) is 0.630. The molecule has 0 radical (unpaired) electrons. The van der Waals surface area contributed by atoms with Crippen molar-refractivity contribution in [2.24, 2.45) is 5.41 Å². The third-order valence-corrected chi connectivity index (χ3v) is 3.04. The van der Waals surface area contributed by atoms with Gasteiger partial charge in [0.25, 0.3) is 0 Å². The molecule has 0 unspecified atom stereocenters. The lowest BCUT2D eigenvalue weighted by Crippen LogP contribution is -2.35. The zero-order valence-electron chi connectivity index (χ0n) is 8.86. The number of H-pyrrole nitrogens is 1. The second kappa shape index (κ2) is 3.70. The zero-order chi connectivity index (χ0) is 10.9. The Morgan fingerprint density at radius 2 is 2.40 bits per heavy atom. The van der Waals surface area contributed by atoms with Gasteiger partial charge in [-0.2, -0.15) is 0 Å². The first-order chi connectivity index (χ1) is 7.18. The van der Waals surface area contributed by atoms with Crippen LogP contribution >= 0.6 is 0 Å². The minimum absolute atomic E-state index is 0.0245. The molecule has 2 rings (SSSR count). The van der Waals surface area contributed by atoms with Crippen LogP contribution in [-0.2, 0) is 11.3 Å². The third kappa shape index (κ3) is 1.90. The fraction of sp³-hybridized carbons (Fsp3) is 0.545. The molecule has 4 heteroatoms. The molecule has 1 heterocycles. The molecule has 0 saturated heterocycles. The van der Waals surface area contributed by atoms with Gasteiger partial charge in [-0.1, -0.05) is 0 Å². The van der Waals surface area contributed by atoms with E-state index in [2.05, 4.69) is 4.98 Å². The van der Waals surface area contributed by atoms with Crippen molar-refractivity contribution < 1.29 is 9.90 Å². The number of rotatable bonds is 4. The number of carbonyl (C=O) groups excluding carboxylic acids is 1. The lowest BCUT2D eigenvalue weighted by molar-refractivity contribution is -0.137. The van der Waals surface area contributed by atoms with Crippen LogP contribution < -0.4 is 0 Å². The van der Waals surface area contributed by atoms with Gasteiger partial charge in [0.15, 0.2) is 0 Å². The fourth-order valence-corrected chi connectivity index (χ4v) is 1.80. The Hall–Kier alpha value is -1.29. The van der Waals surface area contributed by atoms with E-state index in [9.17, 15) is 4.79 Å². The summed E-state index contributed by atoms with van der Waals surface area (Å²) in [4.78, 5) is 16.6. The molecule has 1 amide bonds. The topological polar surface area (TPSA) is 56.3 Å². The summed E-state index contributed by atoms with van der Waals surface area (Å²) in [6, 6.07) is 1.95. The molecule has 0 spiro atoms. The number of nitrogens with zero attached hydrogens (tertiary/aromatic N) is 1. The molecule has 0 bridgehead atoms. The van der Waals surface area contributed by atoms with Crippen molar-refractivity contribution >= 4 is 5.91 Å². The van der Waals surface area contributed by atoms with E-state index in [-0.39, 0.29) is 12.5 Å². The van der Waals surface area contributed by atoms with Crippen molar-refractivity contribution in [3.8, 4) is 0 Å². The molecule has 2 N–H and O–H groups in total. The number of carbonyl (C=O) groups is 1. The van der Waals surface area contributed by atoms with Crippen molar-refractivity contribution in [1.29, 1.82) is 0 Å². The van der Waals surface area contributed by atoms with E-state index >= 15 is 0 Å². The summed E-state index contributed by atoms with van der Waals surface area (Å²) < 4.78 is 0. The lowest BCUT2D eigenvalue weighted by atomic mass is 10.1. The van der Waals surface area contributed by atoms with Crippen molar-refractivity contribution in [2.45, 2.75) is 19.4 Å². The Bertz CT molecular complexity index is 341. The van der Waals surface area contributed by atoms with Gasteiger partial charge in [-0.25, -0.2) is 0 Å². The molecule has 1 aromatic heterocycles. The van der Waals surface area contributed by atoms with Gasteiger partial charge in [0.1, 0.15) is 0 Å². The van der Waals surface area contributed by atoms with Crippen LogP contribution in [0.3, 0.4) is 0 Å². The van der Waals surface area contributed by atoms with Gasteiger partial charge in [0.2, 0.25) is 5.91 Å². The summed E-state index contributed by atoms with van der Waals surface area (Å²) in [5, 5.41) is 9.15. The van der Waals surface area contributed by atoms with Crippen molar-refractivity contribution in [3.63, 3.8) is 0 Å². The van der Waals surface area contributed by atoms with Crippen LogP contribution in [0.1, 0.15) is 18.4 Å². The molecule has 1 aliphatic carbocycles. The monoisotopic (exact) mass is 208 g/mol. The van der Waals surface area contributed by atoms with Crippen molar-refractivity contribution in [1.82, 2.24) is 9.88 Å². The van der Waals surface area contributed by atoms with Crippen LogP contribution in [0.5, 0.6) is 0 Å². The fourth-order valence-electron chi connectivity index (χ4n) is 1.80. The number of amides is 1. The van der Waals surface area contributed by atoms with Crippen LogP contribution in [0.25, 0.3) is 0 Å². The summed E-state index contributed by atoms with van der Waals surface area (Å²) in [7, 11) is 1.78. The maximum Gasteiger partial charge on any atom is 0.231 e. The minimum Gasteiger partial charge on any atom is -0.395 e. The predicted molar refractivity (Wildman–Crippen MR) is 56.0 cm³/mol. The number of aliphatic hydroxyl groups is 1. The van der Waals surface area contributed by atoms with Gasteiger partial charge in [-0.15, -0.1) is 0 Å². The average Bonchev–Trinajstić information content (AvgIpc) is 2.89. The molecular weight excluding hydrogens is 192 g/mol. The highest BCUT2D eigenvalue weighted by atomic mass is 16.3. The molecule has 0 aliphatic heterocycles. The first kappa shape index (κ1) is 10.2. The van der Waals surface area contributed by atoms with Crippen LogP contribution in [0.15, 0.2) is 18.5 Å². The minimum atomic E-state index is -0.453. The molecule has 1 aromatic rings. The lowest BCUT2D eigenvalue weighted by Gasteiger charge is -2.21. The van der Waals surface area contributed by atoms with E-state index in [4.69, 9.17) is 5.11 Å². The number of nitrogens with one attached hydrogen (secondary N) is 1. The first-order valence-corrected chi connectivity index (χ1v) is 5.16. The van der Waals surface area contributed by atoms with Crippen molar-refractivity contribution in [2.75, 3.05) is 13.7 Å². The normalized spacial score (nSPS) is 17.5. The molecular formula is C11H16N2O2. The van der Waals surface area contributed by atoms with Crippen LogP contribution in [0.2, 0.25) is 0 Å². The molecule has 1 fully saturated rings. The van der Waals surface area contributed by atoms with E-state index in [1.165, 1.54) is 0 Å². The summed E-state index contributed by atoms with van der Waals surface area (Å²) in [5.74, 6) is 0.0613. The Balaban J connectivity index is 1.96. The third-order valence-electron chi connectivity index (χ3n) is 3.04.